The molecule has 1 aromatic rings. The molecule has 3 nitrogen and oxygen atoms in total. The van der Waals surface area contributed by atoms with E-state index >= 15 is 0 Å². The Kier molecular flexibility index (Phi) is 5.73. The molecule has 1 atom stereocenters. The van der Waals surface area contributed by atoms with Gasteiger partial charge in [-0.25, -0.2) is 0 Å². The summed E-state index contributed by atoms with van der Waals surface area (Å²) in [4.78, 5) is 4.59. The van der Waals surface area contributed by atoms with Gasteiger partial charge in [0, 0.05) is 18.0 Å². The molecule has 0 saturated heterocycles. The molecule has 1 aliphatic heterocycles. The van der Waals surface area contributed by atoms with Crippen LogP contribution in [-0.4, -0.2) is 30.7 Å². The summed E-state index contributed by atoms with van der Waals surface area (Å²) in [6.45, 7) is 3.92. The van der Waals surface area contributed by atoms with E-state index < -0.39 is 0 Å². The van der Waals surface area contributed by atoms with Crippen molar-refractivity contribution in [2.45, 2.75) is 31.4 Å². The number of hydrogen-bond donors (Lipinski definition) is 1. The largest absolute Gasteiger partial charge is 0.384 e. The van der Waals surface area contributed by atoms with Crippen molar-refractivity contribution in [3.05, 3.63) is 29.8 Å². The summed E-state index contributed by atoms with van der Waals surface area (Å²) in [5.74, 6) is 0. The number of ether oxygens (including phenoxy) is 1. The van der Waals surface area contributed by atoms with Crippen molar-refractivity contribution < 1.29 is 4.74 Å². The molecule has 1 N–H and O–H groups in total. The lowest BCUT2D eigenvalue weighted by atomic mass is 10.1. The summed E-state index contributed by atoms with van der Waals surface area (Å²) < 4.78 is 5.16. The van der Waals surface area contributed by atoms with Crippen molar-refractivity contribution >= 4 is 22.6 Å². The Morgan fingerprint density at radius 3 is 3.05 bits per heavy atom. The third kappa shape index (κ3) is 4.25. The highest BCUT2D eigenvalue weighted by molar-refractivity contribution is 8.15. The zero-order valence-corrected chi connectivity index (χ0v) is 12.5. The van der Waals surface area contributed by atoms with Crippen molar-refractivity contribution in [3.63, 3.8) is 0 Å². The van der Waals surface area contributed by atoms with Crippen LogP contribution in [0.25, 0.3) is 0 Å². The molecular formula is C15H22N2OS. The molecule has 19 heavy (non-hydrogen) atoms. The van der Waals surface area contributed by atoms with Gasteiger partial charge in [0.05, 0.1) is 13.2 Å². The molecule has 104 valence electrons. The summed E-state index contributed by atoms with van der Waals surface area (Å²) in [5.41, 5.74) is 2.44. The van der Waals surface area contributed by atoms with E-state index in [-0.39, 0.29) is 0 Å². The normalized spacial score (nSPS) is 18.4. The number of para-hydroxylation sites is 1. The molecule has 0 spiro atoms. The Balaban J connectivity index is 1.96. The Labute approximate surface area is 119 Å². The molecule has 1 heterocycles. The highest BCUT2D eigenvalue weighted by Gasteiger charge is 2.19. The van der Waals surface area contributed by atoms with E-state index in [1.807, 2.05) is 11.8 Å². The minimum absolute atomic E-state index is 0.652. The van der Waals surface area contributed by atoms with Gasteiger partial charge in [0.1, 0.15) is 0 Å². The lowest BCUT2D eigenvalue weighted by molar-refractivity contribution is 0.202. The first-order chi connectivity index (χ1) is 9.33. The van der Waals surface area contributed by atoms with Gasteiger partial charge < -0.3 is 10.1 Å². The second-order valence-electron chi connectivity index (χ2n) is 4.70. The van der Waals surface area contributed by atoms with Crippen LogP contribution in [0.2, 0.25) is 0 Å². The molecule has 4 heteroatoms. The zero-order chi connectivity index (χ0) is 13.5. The third-order valence-corrected chi connectivity index (χ3v) is 4.33. The molecule has 0 bridgehead atoms. The fourth-order valence-electron chi connectivity index (χ4n) is 2.15. The van der Waals surface area contributed by atoms with E-state index in [1.54, 1.807) is 7.11 Å². The number of amidine groups is 1. The predicted octanol–water partition coefficient (Wildman–Crippen LogP) is 3.56. The molecule has 1 aromatic carbocycles. The summed E-state index contributed by atoms with van der Waals surface area (Å²) in [6.07, 6.45) is 3.39. The number of aliphatic imine (C=N–C) groups is 1. The van der Waals surface area contributed by atoms with Crippen LogP contribution in [0.3, 0.4) is 0 Å². The smallest absolute Gasteiger partial charge is 0.161 e. The summed E-state index contributed by atoms with van der Waals surface area (Å²) in [7, 11) is 1.74. The molecule has 0 amide bonds. The molecular weight excluding hydrogens is 256 g/mol. The van der Waals surface area contributed by atoms with Crippen LogP contribution in [0.5, 0.6) is 0 Å². The van der Waals surface area contributed by atoms with Crippen LogP contribution in [0.4, 0.5) is 5.69 Å². The first-order valence-electron chi connectivity index (χ1n) is 6.88. The highest BCUT2D eigenvalue weighted by Crippen LogP contribution is 2.27. The second-order valence-corrected chi connectivity index (χ2v) is 5.99. The number of hydrogen-bond acceptors (Lipinski definition) is 4. The minimum Gasteiger partial charge on any atom is -0.384 e. The number of rotatable bonds is 6. The van der Waals surface area contributed by atoms with Gasteiger partial charge in [-0.05, 0) is 24.5 Å². The maximum absolute atomic E-state index is 5.16. The van der Waals surface area contributed by atoms with Gasteiger partial charge in [0.25, 0.3) is 0 Å². The van der Waals surface area contributed by atoms with Crippen LogP contribution in [0.15, 0.2) is 29.3 Å². The van der Waals surface area contributed by atoms with E-state index in [0.717, 1.165) is 30.4 Å². The van der Waals surface area contributed by atoms with Gasteiger partial charge >= 0.3 is 0 Å². The first kappa shape index (κ1) is 14.4. The molecule has 0 fully saturated rings. The average molecular weight is 278 g/mol. The standard InChI is InChI=1S/C15H22N2OS/c1-3-6-13-11-16-15(19-13)17-14-8-5-4-7-12(14)9-10-18-2/h4-5,7-8,13H,3,6,9-11H2,1-2H3,(H,16,17). The van der Waals surface area contributed by atoms with Gasteiger partial charge in [-0.3, -0.25) is 4.99 Å². The summed E-state index contributed by atoms with van der Waals surface area (Å²) in [5, 5.41) is 5.17. The summed E-state index contributed by atoms with van der Waals surface area (Å²) in [6, 6.07) is 8.38. The minimum atomic E-state index is 0.652. The number of anilines is 1. The summed E-state index contributed by atoms with van der Waals surface area (Å²) >= 11 is 1.87. The maximum Gasteiger partial charge on any atom is 0.161 e. The number of nitrogens with zero attached hydrogens (tertiary/aromatic N) is 1. The van der Waals surface area contributed by atoms with Crippen molar-refractivity contribution in [1.29, 1.82) is 0 Å². The van der Waals surface area contributed by atoms with E-state index in [2.05, 4.69) is 41.5 Å². The van der Waals surface area contributed by atoms with Crippen LogP contribution in [-0.2, 0) is 11.2 Å². The molecule has 0 aliphatic carbocycles. The first-order valence-corrected chi connectivity index (χ1v) is 7.76. The second kappa shape index (κ2) is 7.56. The van der Waals surface area contributed by atoms with Crippen molar-refractivity contribution in [2.75, 3.05) is 25.6 Å². The van der Waals surface area contributed by atoms with Crippen molar-refractivity contribution in [2.24, 2.45) is 4.99 Å². The van der Waals surface area contributed by atoms with Crippen molar-refractivity contribution in [1.82, 2.24) is 0 Å². The van der Waals surface area contributed by atoms with Crippen LogP contribution in [0, 0.1) is 0 Å². The Bertz CT molecular complexity index is 434. The lowest BCUT2D eigenvalue weighted by Gasteiger charge is -2.12. The van der Waals surface area contributed by atoms with Gasteiger partial charge in [0.15, 0.2) is 5.17 Å². The van der Waals surface area contributed by atoms with Crippen LogP contribution < -0.4 is 5.32 Å². The fraction of sp³-hybridized carbons (Fsp3) is 0.533. The molecule has 0 radical (unpaired) electrons. The van der Waals surface area contributed by atoms with Crippen LogP contribution in [0.1, 0.15) is 25.3 Å². The number of thioether (sulfide) groups is 1. The van der Waals surface area contributed by atoms with Crippen LogP contribution >= 0.6 is 11.8 Å². The van der Waals surface area contributed by atoms with Crippen molar-refractivity contribution in [3.8, 4) is 0 Å². The molecule has 2 rings (SSSR count). The quantitative estimate of drug-likeness (QED) is 0.864. The average Bonchev–Trinajstić information content (AvgIpc) is 2.86. The lowest BCUT2D eigenvalue weighted by Crippen LogP contribution is -2.09. The Morgan fingerprint density at radius 2 is 2.26 bits per heavy atom. The Morgan fingerprint density at radius 1 is 1.42 bits per heavy atom. The van der Waals surface area contributed by atoms with Gasteiger partial charge in [-0.2, -0.15) is 0 Å². The number of methoxy groups -OCH3 is 1. The molecule has 0 saturated carbocycles. The van der Waals surface area contributed by atoms with E-state index in [0.29, 0.717) is 5.25 Å². The third-order valence-electron chi connectivity index (χ3n) is 3.16. The number of benzene rings is 1. The number of nitrogens with one attached hydrogen (secondary N) is 1. The van der Waals surface area contributed by atoms with Gasteiger partial charge in [-0.15, -0.1) is 0 Å². The fourth-order valence-corrected chi connectivity index (χ4v) is 3.28. The van der Waals surface area contributed by atoms with E-state index in [1.165, 1.54) is 18.4 Å². The SMILES string of the molecule is CCCC1CN=C(Nc2ccccc2CCOC)S1. The van der Waals surface area contributed by atoms with E-state index in [9.17, 15) is 0 Å². The molecule has 1 aliphatic rings. The van der Waals surface area contributed by atoms with E-state index in [4.69, 9.17) is 4.74 Å². The molecule has 0 aromatic heterocycles. The monoisotopic (exact) mass is 278 g/mol. The zero-order valence-electron chi connectivity index (χ0n) is 11.7. The van der Waals surface area contributed by atoms with Gasteiger partial charge in [-0.1, -0.05) is 43.3 Å². The van der Waals surface area contributed by atoms with Gasteiger partial charge in [0.2, 0.25) is 0 Å². The predicted molar refractivity (Wildman–Crippen MR) is 84.2 cm³/mol. The highest BCUT2D eigenvalue weighted by atomic mass is 32.2. The topological polar surface area (TPSA) is 33.6 Å². The maximum atomic E-state index is 5.16. The Hall–Kier alpha value is -1.00. The molecule has 1 unspecified atom stereocenters.